The highest BCUT2D eigenvalue weighted by atomic mass is 14.5. The predicted molar refractivity (Wildman–Crippen MR) is 109 cm³/mol. The highest BCUT2D eigenvalue weighted by Crippen LogP contribution is 2.54. The van der Waals surface area contributed by atoms with Crippen LogP contribution in [0.25, 0.3) is 0 Å². The summed E-state index contributed by atoms with van der Waals surface area (Å²) >= 11 is 0. The van der Waals surface area contributed by atoms with Gasteiger partial charge in [-0.25, -0.2) is 0 Å². The van der Waals surface area contributed by atoms with E-state index in [2.05, 4.69) is 107 Å². The van der Waals surface area contributed by atoms with Gasteiger partial charge >= 0.3 is 0 Å². The molecule has 0 aliphatic heterocycles. The van der Waals surface area contributed by atoms with Crippen LogP contribution in [0.3, 0.4) is 0 Å². The molecular weight excluding hydrogens is 300 g/mol. The van der Waals surface area contributed by atoms with Crippen LogP contribution < -0.4 is 0 Å². The lowest BCUT2D eigenvalue weighted by atomic mass is 9.53. The third-order valence-corrected chi connectivity index (χ3v) is 5.59. The highest BCUT2D eigenvalue weighted by molar-refractivity contribution is 5.48. The molecule has 0 bridgehead atoms. The van der Waals surface area contributed by atoms with Crippen molar-refractivity contribution in [2.45, 2.75) is 46.0 Å². The molecule has 0 saturated heterocycles. The topological polar surface area (TPSA) is 0 Å². The number of allylic oxidation sites excluding steroid dienone is 4. The fourth-order valence-corrected chi connectivity index (χ4v) is 4.61. The molecule has 25 heavy (non-hydrogen) atoms. The van der Waals surface area contributed by atoms with Crippen molar-refractivity contribution in [3.05, 3.63) is 95.6 Å². The molecule has 1 atom stereocenters. The van der Waals surface area contributed by atoms with Crippen LogP contribution in [0.15, 0.2) is 84.5 Å². The molecule has 0 amide bonds. The van der Waals surface area contributed by atoms with Gasteiger partial charge in [-0.1, -0.05) is 119 Å². The zero-order chi connectivity index (χ0) is 17.9. The third kappa shape index (κ3) is 3.11. The van der Waals surface area contributed by atoms with E-state index < -0.39 is 0 Å². The fourth-order valence-electron chi connectivity index (χ4n) is 4.61. The van der Waals surface area contributed by atoms with E-state index >= 15 is 0 Å². The van der Waals surface area contributed by atoms with E-state index in [-0.39, 0.29) is 10.8 Å². The Morgan fingerprint density at radius 3 is 1.76 bits per heavy atom. The molecule has 1 aliphatic carbocycles. The van der Waals surface area contributed by atoms with Gasteiger partial charge in [0.15, 0.2) is 0 Å². The summed E-state index contributed by atoms with van der Waals surface area (Å²) in [7, 11) is 0. The van der Waals surface area contributed by atoms with Gasteiger partial charge in [-0.15, -0.1) is 0 Å². The summed E-state index contributed by atoms with van der Waals surface area (Å²) < 4.78 is 0. The van der Waals surface area contributed by atoms with Crippen LogP contribution >= 0.6 is 0 Å². The lowest BCUT2D eigenvalue weighted by Gasteiger charge is -2.49. The number of rotatable bonds is 5. The Balaban J connectivity index is 2.26. The van der Waals surface area contributed by atoms with E-state index in [1.54, 1.807) is 0 Å². The van der Waals surface area contributed by atoms with Crippen LogP contribution in [0.2, 0.25) is 0 Å². The number of hydrogen-bond acceptors (Lipinski definition) is 0. The molecule has 2 aromatic carbocycles. The Kier molecular flexibility index (Phi) is 4.99. The Morgan fingerprint density at radius 2 is 1.32 bits per heavy atom. The lowest BCUT2D eigenvalue weighted by molar-refractivity contribution is 0.195. The van der Waals surface area contributed by atoms with Crippen LogP contribution in [0, 0.1) is 11.3 Å². The molecule has 2 aromatic rings. The Labute approximate surface area is 153 Å². The zero-order valence-electron chi connectivity index (χ0n) is 16.0. The van der Waals surface area contributed by atoms with Crippen molar-refractivity contribution in [3.8, 4) is 0 Å². The Hall–Kier alpha value is -2.08. The van der Waals surface area contributed by atoms with Crippen LogP contribution in [0.5, 0.6) is 0 Å². The van der Waals surface area contributed by atoms with Gasteiger partial charge in [-0.2, -0.15) is 0 Å². The fraction of sp³-hybridized carbons (Fsp3) is 0.360. The van der Waals surface area contributed by atoms with Crippen LogP contribution in [0.1, 0.15) is 51.7 Å². The molecule has 0 N–H and O–H groups in total. The molecule has 0 heterocycles. The van der Waals surface area contributed by atoms with E-state index in [4.69, 9.17) is 0 Å². The molecule has 0 nitrogen and oxygen atoms in total. The summed E-state index contributed by atoms with van der Waals surface area (Å²) in [5.41, 5.74) is 4.27. The number of hydrogen-bond donors (Lipinski definition) is 0. The molecular formula is C25H30. The van der Waals surface area contributed by atoms with Crippen molar-refractivity contribution >= 4 is 0 Å². The molecule has 0 heteroatoms. The van der Waals surface area contributed by atoms with Crippen molar-refractivity contribution in [1.29, 1.82) is 0 Å². The van der Waals surface area contributed by atoms with Crippen molar-refractivity contribution in [3.63, 3.8) is 0 Å². The molecule has 0 saturated carbocycles. The van der Waals surface area contributed by atoms with Gasteiger partial charge in [0.05, 0.1) is 0 Å². The third-order valence-electron chi connectivity index (χ3n) is 5.59. The van der Waals surface area contributed by atoms with Crippen molar-refractivity contribution in [2.24, 2.45) is 11.3 Å². The predicted octanol–water partition coefficient (Wildman–Crippen LogP) is 6.93. The average molecular weight is 331 g/mol. The summed E-state index contributed by atoms with van der Waals surface area (Å²) in [4.78, 5) is 0. The van der Waals surface area contributed by atoms with Gasteiger partial charge in [0, 0.05) is 11.3 Å². The molecule has 1 unspecified atom stereocenters. The normalized spacial score (nSPS) is 17.6. The Morgan fingerprint density at radius 1 is 0.800 bits per heavy atom. The SMILES string of the molecule is CCCC1=CC(C(c2ccccc2)(c2ccccc2)C(C)(C)C)C=C1. The second-order valence-electron chi connectivity index (χ2n) is 8.17. The maximum Gasteiger partial charge on any atom is 0.0348 e. The number of benzene rings is 2. The largest absolute Gasteiger partial charge is 0.0761 e. The van der Waals surface area contributed by atoms with Gasteiger partial charge < -0.3 is 0 Å². The second kappa shape index (κ2) is 7.04. The summed E-state index contributed by atoms with van der Waals surface area (Å²) in [5.74, 6) is 0.374. The van der Waals surface area contributed by atoms with Crippen molar-refractivity contribution < 1.29 is 0 Å². The van der Waals surface area contributed by atoms with E-state index in [0.717, 1.165) is 6.42 Å². The van der Waals surface area contributed by atoms with Gasteiger partial charge in [0.2, 0.25) is 0 Å². The van der Waals surface area contributed by atoms with Gasteiger partial charge in [0.1, 0.15) is 0 Å². The molecule has 3 rings (SSSR count). The van der Waals surface area contributed by atoms with Gasteiger partial charge in [0.25, 0.3) is 0 Å². The highest BCUT2D eigenvalue weighted by Gasteiger charge is 2.49. The maximum absolute atomic E-state index is 2.51. The zero-order valence-corrected chi connectivity index (χ0v) is 16.0. The molecule has 130 valence electrons. The minimum absolute atomic E-state index is 0.0723. The van der Waals surface area contributed by atoms with E-state index in [1.165, 1.54) is 23.1 Å². The summed E-state index contributed by atoms with van der Waals surface area (Å²) in [6.07, 6.45) is 9.64. The summed E-state index contributed by atoms with van der Waals surface area (Å²) in [6, 6.07) is 22.1. The van der Waals surface area contributed by atoms with Gasteiger partial charge in [-0.05, 0) is 23.0 Å². The smallest absolute Gasteiger partial charge is 0.0348 e. The quantitative estimate of drug-likeness (QED) is 0.557. The maximum atomic E-state index is 2.51. The minimum Gasteiger partial charge on any atom is -0.0761 e. The van der Waals surface area contributed by atoms with Crippen molar-refractivity contribution in [2.75, 3.05) is 0 Å². The molecule has 0 spiro atoms. The van der Waals surface area contributed by atoms with E-state index in [0.29, 0.717) is 5.92 Å². The standard InChI is InChI=1S/C25H30/c1-5-12-20-17-18-23(19-20)25(24(2,3)4,21-13-8-6-9-14-21)22-15-10-7-11-16-22/h6-11,13-19,23H,5,12H2,1-4H3. The molecule has 0 radical (unpaired) electrons. The van der Waals surface area contributed by atoms with Crippen LogP contribution in [-0.2, 0) is 5.41 Å². The monoisotopic (exact) mass is 330 g/mol. The second-order valence-corrected chi connectivity index (χ2v) is 8.17. The first-order valence-electron chi connectivity index (χ1n) is 9.50. The van der Waals surface area contributed by atoms with E-state index in [9.17, 15) is 0 Å². The lowest BCUT2D eigenvalue weighted by Crippen LogP contribution is -2.46. The Bertz CT molecular complexity index is 702. The summed E-state index contributed by atoms with van der Waals surface area (Å²) in [6.45, 7) is 9.40. The van der Waals surface area contributed by atoms with Crippen LogP contribution in [-0.4, -0.2) is 0 Å². The van der Waals surface area contributed by atoms with E-state index in [1.807, 2.05) is 0 Å². The first kappa shape index (κ1) is 17.7. The first-order valence-corrected chi connectivity index (χ1v) is 9.50. The van der Waals surface area contributed by atoms with Gasteiger partial charge in [-0.3, -0.25) is 0 Å². The van der Waals surface area contributed by atoms with Crippen molar-refractivity contribution in [1.82, 2.24) is 0 Å². The molecule has 0 fully saturated rings. The molecule has 1 aliphatic rings. The van der Waals surface area contributed by atoms with Crippen LogP contribution in [0.4, 0.5) is 0 Å². The first-order chi connectivity index (χ1) is 12.0. The average Bonchev–Trinajstić information content (AvgIpc) is 3.05. The minimum atomic E-state index is -0.0818. The summed E-state index contributed by atoms with van der Waals surface area (Å²) in [5, 5.41) is 0. The molecule has 0 aromatic heterocycles.